The van der Waals surface area contributed by atoms with Gasteiger partial charge in [-0.15, -0.1) is 0 Å². The van der Waals surface area contributed by atoms with Crippen LogP contribution in [0.4, 0.5) is 5.69 Å². The zero-order chi connectivity index (χ0) is 13.9. The predicted octanol–water partition coefficient (Wildman–Crippen LogP) is 2.61. The predicted molar refractivity (Wildman–Crippen MR) is 74.8 cm³/mol. The summed E-state index contributed by atoms with van der Waals surface area (Å²) in [6.45, 7) is 2.05. The van der Waals surface area contributed by atoms with E-state index in [-0.39, 0.29) is 10.6 Å². The Morgan fingerprint density at radius 3 is 2.32 bits per heavy atom. The maximum Gasteiger partial charge on any atom is 0.264 e. The Kier molecular flexibility index (Phi) is 3.76. The molecule has 0 aromatic heterocycles. The van der Waals surface area contributed by atoms with Crippen molar-refractivity contribution in [3.63, 3.8) is 0 Å². The third kappa shape index (κ3) is 2.71. The van der Waals surface area contributed by atoms with E-state index in [1.54, 1.807) is 49.4 Å². The van der Waals surface area contributed by atoms with E-state index >= 15 is 0 Å². The second-order valence-corrected chi connectivity index (χ2v) is 5.87. The van der Waals surface area contributed by atoms with Crippen LogP contribution in [0.3, 0.4) is 0 Å². The second kappa shape index (κ2) is 5.32. The molecule has 0 aliphatic carbocycles. The molecular formula is C14H15NO3S. The first-order valence-corrected chi connectivity index (χ1v) is 7.36. The molecule has 0 bridgehead atoms. The molecule has 4 nitrogen and oxygen atoms in total. The van der Waals surface area contributed by atoms with E-state index in [1.807, 2.05) is 0 Å². The fourth-order valence-electron chi connectivity index (χ4n) is 1.86. The van der Waals surface area contributed by atoms with Gasteiger partial charge in [0, 0.05) is 12.6 Å². The van der Waals surface area contributed by atoms with Crippen molar-refractivity contribution < 1.29 is 13.5 Å². The minimum absolute atomic E-state index is 0.0409. The fourth-order valence-corrected chi connectivity index (χ4v) is 3.35. The molecule has 0 spiro atoms. The van der Waals surface area contributed by atoms with E-state index in [2.05, 4.69) is 0 Å². The van der Waals surface area contributed by atoms with E-state index in [0.717, 1.165) is 0 Å². The van der Waals surface area contributed by atoms with Crippen LogP contribution in [0.25, 0.3) is 0 Å². The average Bonchev–Trinajstić information content (AvgIpc) is 2.40. The van der Waals surface area contributed by atoms with E-state index in [1.165, 1.54) is 16.4 Å². The van der Waals surface area contributed by atoms with Crippen LogP contribution in [0, 0.1) is 0 Å². The summed E-state index contributed by atoms with van der Waals surface area (Å²) in [5, 5.41) is 9.47. The van der Waals surface area contributed by atoms with Crippen molar-refractivity contribution in [2.24, 2.45) is 0 Å². The second-order valence-electron chi connectivity index (χ2n) is 4.00. The monoisotopic (exact) mass is 277 g/mol. The van der Waals surface area contributed by atoms with E-state index < -0.39 is 10.0 Å². The molecule has 0 heterocycles. The number of rotatable bonds is 4. The van der Waals surface area contributed by atoms with Crippen molar-refractivity contribution in [3.8, 4) is 5.75 Å². The number of sulfonamides is 1. The van der Waals surface area contributed by atoms with Gasteiger partial charge < -0.3 is 5.11 Å². The van der Waals surface area contributed by atoms with E-state index in [9.17, 15) is 13.5 Å². The van der Waals surface area contributed by atoms with Crippen LogP contribution < -0.4 is 4.31 Å². The summed E-state index contributed by atoms with van der Waals surface area (Å²) in [6.07, 6.45) is 0. The maximum absolute atomic E-state index is 12.5. The Morgan fingerprint density at radius 2 is 1.74 bits per heavy atom. The summed E-state index contributed by atoms with van der Waals surface area (Å²) in [7, 11) is -3.60. The number of hydrogen-bond donors (Lipinski definition) is 1. The Morgan fingerprint density at radius 1 is 1.05 bits per heavy atom. The van der Waals surface area contributed by atoms with Gasteiger partial charge in [0.25, 0.3) is 10.0 Å². The van der Waals surface area contributed by atoms with Gasteiger partial charge in [-0.3, -0.25) is 4.31 Å². The number of benzene rings is 2. The lowest BCUT2D eigenvalue weighted by molar-refractivity contribution is 0.475. The molecular weight excluding hydrogens is 262 g/mol. The minimum Gasteiger partial charge on any atom is -0.508 e. The summed E-state index contributed by atoms with van der Waals surface area (Å²) in [6, 6.07) is 14.5. The highest BCUT2D eigenvalue weighted by atomic mass is 32.2. The molecule has 2 aromatic carbocycles. The minimum atomic E-state index is -3.60. The number of hydrogen-bond acceptors (Lipinski definition) is 3. The summed E-state index contributed by atoms with van der Waals surface area (Å²) in [4.78, 5) is 0.236. The molecule has 2 aromatic rings. The number of aromatic hydroxyl groups is 1. The lowest BCUT2D eigenvalue weighted by Gasteiger charge is -2.23. The van der Waals surface area contributed by atoms with Crippen LogP contribution >= 0.6 is 0 Å². The molecule has 2 rings (SSSR count). The third-order valence-electron chi connectivity index (χ3n) is 2.74. The van der Waals surface area contributed by atoms with Crippen LogP contribution in [-0.2, 0) is 10.0 Å². The smallest absolute Gasteiger partial charge is 0.264 e. The zero-order valence-corrected chi connectivity index (χ0v) is 11.3. The van der Waals surface area contributed by atoms with Crippen molar-refractivity contribution in [2.75, 3.05) is 10.8 Å². The number of nitrogens with zero attached hydrogens (tertiary/aromatic N) is 1. The molecule has 1 N–H and O–H groups in total. The van der Waals surface area contributed by atoms with Gasteiger partial charge in [0.1, 0.15) is 5.75 Å². The molecule has 0 aliphatic rings. The highest BCUT2D eigenvalue weighted by Gasteiger charge is 2.23. The molecule has 0 aliphatic heterocycles. The largest absolute Gasteiger partial charge is 0.508 e. The highest BCUT2D eigenvalue weighted by Crippen LogP contribution is 2.25. The molecule has 100 valence electrons. The van der Waals surface area contributed by atoms with E-state index in [0.29, 0.717) is 12.2 Å². The summed E-state index contributed by atoms with van der Waals surface area (Å²) < 4.78 is 26.3. The molecule has 0 atom stereocenters. The van der Waals surface area contributed by atoms with Crippen LogP contribution in [0.15, 0.2) is 59.5 Å². The molecule has 0 radical (unpaired) electrons. The molecule has 0 saturated heterocycles. The van der Waals surface area contributed by atoms with Crippen LogP contribution in [0.1, 0.15) is 6.92 Å². The van der Waals surface area contributed by atoms with Crippen molar-refractivity contribution in [2.45, 2.75) is 11.8 Å². The van der Waals surface area contributed by atoms with Crippen molar-refractivity contribution in [3.05, 3.63) is 54.6 Å². The molecule has 19 heavy (non-hydrogen) atoms. The molecule has 0 amide bonds. The van der Waals surface area contributed by atoms with Gasteiger partial charge in [0.05, 0.1) is 10.6 Å². The van der Waals surface area contributed by atoms with Gasteiger partial charge in [-0.25, -0.2) is 8.42 Å². The Hall–Kier alpha value is -2.01. The molecule has 0 saturated carbocycles. The number of anilines is 1. The van der Waals surface area contributed by atoms with Gasteiger partial charge in [0.2, 0.25) is 0 Å². The van der Waals surface area contributed by atoms with Crippen molar-refractivity contribution in [1.82, 2.24) is 0 Å². The molecule has 5 heteroatoms. The van der Waals surface area contributed by atoms with Crippen molar-refractivity contribution in [1.29, 1.82) is 0 Å². The van der Waals surface area contributed by atoms with Crippen LogP contribution in [0.5, 0.6) is 5.75 Å². The van der Waals surface area contributed by atoms with E-state index in [4.69, 9.17) is 0 Å². The summed E-state index contributed by atoms with van der Waals surface area (Å²) in [5.74, 6) is 0.0409. The highest BCUT2D eigenvalue weighted by molar-refractivity contribution is 7.92. The summed E-state index contributed by atoms with van der Waals surface area (Å²) in [5.41, 5.74) is 0.450. The van der Waals surface area contributed by atoms with Gasteiger partial charge >= 0.3 is 0 Å². The molecule has 0 unspecified atom stereocenters. The first-order chi connectivity index (χ1) is 9.05. The Labute approximate surface area is 113 Å². The fraction of sp³-hybridized carbons (Fsp3) is 0.143. The SMILES string of the molecule is CCN(c1cccc(O)c1)S(=O)(=O)c1ccccc1. The van der Waals surface area contributed by atoms with Gasteiger partial charge in [-0.05, 0) is 31.2 Å². The van der Waals surface area contributed by atoms with Crippen LogP contribution in [0.2, 0.25) is 0 Å². The lowest BCUT2D eigenvalue weighted by atomic mass is 10.3. The average molecular weight is 277 g/mol. The third-order valence-corrected chi connectivity index (χ3v) is 4.65. The van der Waals surface area contributed by atoms with Gasteiger partial charge in [0.15, 0.2) is 0 Å². The zero-order valence-electron chi connectivity index (χ0n) is 10.5. The van der Waals surface area contributed by atoms with Gasteiger partial charge in [-0.2, -0.15) is 0 Å². The standard InChI is InChI=1S/C14H15NO3S/c1-2-15(12-7-6-8-13(16)11-12)19(17,18)14-9-4-3-5-10-14/h3-11,16H,2H2,1H3. The maximum atomic E-state index is 12.5. The van der Waals surface area contributed by atoms with Gasteiger partial charge in [-0.1, -0.05) is 24.3 Å². The first kappa shape index (κ1) is 13.4. The first-order valence-electron chi connectivity index (χ1n) is 5.92. The Balaban J connectivity index is 2.48. The van der Waals surface area contributed by atoms with Crippen LogP contribution in [-0.4, -0.2) is 20.1 Å². The topological polar surface area (TPSA) is 57.6 Å². The molecule has 0 fully saturated rings. The van der Waals surface area contributed by atoms with Crippen molar-refractivity contribution >= 4 is 15.7 Å². The number of phenols is 1. The number of phenolic OH excluding ortho intramolecular Hbond substituents is 1. The quantitative estimate of drug-likeness (QED) is 0.934. The normalized spacial score (nSPS) is 11.2. The summed E-state index contributed by atoms with van der Waals surface area (Å²) >= 11 is 0. The lowest BCUT2D eigenvalue weighted by Crippen LogP contribution is -2.30. The Bertz CT molecular complexity index is 653.